The Bertz CT molecular complexity index is 2140. The molecule has 3 aliphatic heterocycles. The van der Waals surface area contributed by atoms with E-state index >= 15 is 0 Å². The normalized spacial score (nSPS) is 36.1. The lowest BCUT2D eigenvalue weighted by molar-refractivity contribution is -0.306. The summed E-state index contributed by atoms with van der Waals surface area (Å²) in [5.41, 5.74) is 1.01. The van der Waals surface area contributed by atoms with Gasteiger partial charge in [0.1, 0.15) is 30.1 Å². The summed E-state index contributed by atoms with van der Waals surface area (Å²) in [7, 11) is 8.54. The van der Waals surface area contributed by atoms with Gasteiger partial charge in [-0.2, -0.15) is 5.06 Å². The predicted octanol–water partition coefficient (Wildman–Crippen LogP) is 6.11. The van der Waals surface area contributed by atoms with Crippen molar-refractivity contribution in [1.29, 1.82) is 0 Å². The summed E-state index contributed by atoms with van der Waals surface area (Å²) in [5.74, 6) is -10.5. The first-order valence-corrected chi connectivity index (χ1v) is 26.9. The van der Waals surface area contributed by atoms with E-state index in [9.17, 15) is 49.0 Å². The second kappa shape index (κ2) is 29.3. The number of carbonyl (C=O) groups excluding carboxylic acids is 7. The third-order valence-electron chi connectivity index (χ3n) is 15.8. The van der Waals surface area contributed by atoms with Crippen molar-refractivity contribution in [1.82, 2.24) is 20.1 Å². The molecule has 0 aromatic rings. The van der Waals surface area contributed by atoms with Gasteiger partial charge in [-0.3, -0.25) is 29.2 Å². The Morgan fingerprint density at radius 3 is 2.21 bits per heavy atom. The molecule has 428 valence electrons. The largest absolute Gasteiger partial charge is 0.460 e. The van der Waals surface area contributed by atoms with Crippen molar-refractivity contribution in [2.45, 2.75) is 174 Å². The molecule has 0 radical (unpaired) electrons. The molecule has 3 amide bonds. The van der Waals surface area contributed by atoms with Crippen molar-refractivity contribution in [2.75, 3.05) is 49.0 Å². The Hall–Kier alpha value is -4.67. The van der Waals surface area contributed by atoms with E-state index in [4.69, 9.17) is 28.6 Å². The number of hydrogen-bond acceptors (Lipinski definition) is 17. The van der Waals surface area contributed by atoms with E-state index in [1.165, 1.54) is 38.3 Å². The molecule has 3 N–H and O–H groups in total. The lowest BCUT2D eigenvalue weighted by Crippen LogP contribution is -2.61. The Balaban J connectivity index is 1.76. The van der Waals surface area contributed by atoms with Crippen molar-refractivity contribution in [2.24, 2.45) is 41.4 Å². The number of amides is 3. The van der Waals surface area contributed by atoms with E-state index < -0.39 is 108 Å². The number of esters is 1. The molecule has 2 bridgehead atoms. The first-order chi connectivity index (χ1) is 35.8. The first-order valence-electron chi connectivity index (χ1n) is 26.9. The third kappa shape index (κ3) is 16.7. The van der Waals surface area contributed by atoms with Crippen LogP contribution in [-0.2, 0) is 57.4 Å². The Labute approximate surface area is 449 Å². The first kappa shape index (κ1) is 63.9. The van der Waals surface area contributed by atoms with Crippen LogP contribution in [0.2, 0.25) is 0 Å². The van der Waals surface area contributed by atoms with Crippen molar-refractivity contribution < 1.29 is 77.6 Å². The second-order valence-electron chi connectivity index (χ2n) is 22.0. The topological polar surface area (TPSA) is 249 Å². The number of hydrogen-bond donors (Lipinski definition) is 3. The molecule has 0 aromatic carbocycles. The number of Topliss-reactive ketones (excluding diaryl/α,β-unsaturated/α-hetero) is 3. The lowest BCUT2D eigenvalue weighted by atomic mass is 9.75. The molecule has 2 saturated heterocycles. The number of aliphatic hydroxyl groups excluding tert-OH is 1. The van der Waals surface area contributed by atoms with Gasteiger partial charge in [-0.25, -0.2) is 14.4 Å². The molecule has 3 fully saturated rings. The summed E-state index contributed by atoms with van der Waals surface area (Å²) in [6, 6.07) is -2.47. The highest BCUT2D eigenvalue weighted by atomic mass is 16.9. The molecule has 4 aliphatic rings. The van der Waals surface area contributed by atoms with Crippen LogP contribution < -0.4 is 0 Å². The van der Waals surface area contributed by atoms with Crippen LogP contribution in [0, 0.1) is 41.4 Å². The van der Waals surface area contributed by atoms with Gasteiger partial charge < -0.3 is 43.8 Å². The molecule has 76 heavy (non-hydrogen) atoms. The maximum absolute atomic E-state index is 14.6. The SMILES string of the molecule is CO[C@@H]1C[C@H](C[C@@H](C)[C@@H]2CC(=O)[C@H](C)/C=C(\C)[C@@H](O)[C@@H](OC)C(=O)[C@H](C)C[C@H](C)/C=C/C=C/C=C(\C)[C@@H](N(OC)C(=O)N(C)C)C[C@@H]3CC[C@@H](C)[C@@](O)(O3)C(=O)C(=O)N3CCCC[C@H]3C(=O)O2)CC[C@H]1C(=O)ON(C)O. The molecule has 0 spiro atoms. The highest BCUT2D eigenvalue weighted by Crippen LogP contribution is 2.39. The molecule has 0 unspecified atom stereocenters. The van der Waals surface area contributed by atoms with Gasteiger partial charge in [-0.1, -0.05) is 71.1 Å². The van der Waals surface area contributed by atoms with E-state index in [-0.39, 0.29) is 55.6 Å². The summed E-state index contributed by atoms with van der Waals surface area (Å²) < 4.78 is 23.9. The van der Waals surface area contributed by atoms with Gasteiger partial charge >= 0.3 is 18.0 Å². The minimum absolute atomic E-state index is 0.00381. The number of methoxy groups -OCH3 is 2. The maximum Gasteiger partial charge on any atom is 0.343 e. The highest BCUT2D eigenvalue weighted by molar-refractivity contribution is 6.39. The molecular formula is C56H88N4O16. The maximum atomic E-state index is 14.6. The van der Waals surface area contributed by atoms with Crippen LogP contribution in [0.4, 0.5) is 4.79 Å². The van der Waals surface area contributed by atoms with Crippen LogP contribution in [0.5, 0.6) is 0 Å². The Kier molecular flexibility index (Phi) is 24.7. The van der Waals surface area contributed by atoms with Crippen LogP contribution in [0.1, 0.15) is 126 Å². The molecule has 1 aliphatic carbocycles. The summed E-state index contributed by atoms with van der Waals surface area (Å²) >= 11 is 0. The number of piperidine rings is 1. The fraction of sp³-hybridized carbons (Fsp3) is 0.732. The van der Waals surface area contributed by atoms with Gasteiger partial charge in [0, 0.05) is 65.5 Å². The van der Waals surface area contributed by atoms with Crippen LogP contribution in [-0.4, -0.2) is 174 Å². The second-order valence-corrected chi connectivity index (χ2v) is 22.0. The monoisotopic (exact) mass is 1070 g/mol. The van der Waals surface area contributed by atoms with Crippen molar-refractivity contribution in [3.8, 4) is 0 Å². The zero-order valence-electron chi connectivity index (χ0n) is 47.2. The number of carbonyl (C=O) groups is 7. The average molecular weight is 1070 g/mol. The fourth-order valence-electron chi connectivity index (χ4n) is 11.2. The van der Waals surface area contributed by atoms with Crippen LogP contribution in [0.3, 0.4) is 0 Å². The van der Waals surface area contributed by atoms with Gasteiger partial charge in [0.25, 0.3) is 11.7 Å². The number of ketones is 3. The number of allylic oxidation sites excluding steroid dienone is 6. The average Bonchev–Trinajstić information content (AvgIpc) is 3.38. The molecular weight excluding hydrogens is 985 g/mol. The highest BCUT2D eigenvalue weighted by Gasteiger charge is 2.53. The number of hydroxylamine groups is 4. The third-order valence-corrected chi connectivity index (χ3v) is 15.8. The van der Waals surface area contributed by atoms with Crippen LogP contribution >= 0.6 is 0 Å². The summed E-state index contributed by atoms with van der Waals surface area (Å²) in [4.78, 5) is 111. The Morgan fingerprint density at radius 2 is 1.58 bits per heavy atom. The van der Waals surface area contributed by atoms with Crippen LogP contribution in [0.15, 0.2) is 47.6 Å². The number of nitrogens with zero attached hydrogens (tertiary/aromatic N) is 4. The van der Waals surface area contributed by atoms with Crippen molar-refractivity contribution in [3.05, 3.63) is 47.6 Å². The van der Waals surface area contributed by atoms with E-state index in [2.05, 4.69) is 0 Å². The van der Waals surface area contributed by atoms with Crippen molar-refractivity contribution >= 4 is 41.2 Å². The number of cyclic esters (lactones) is 1. The van der Waals surface area contributed by atoms with Gasteiger partial charge in [-0.15, -0.1) is 0 Å². The lowest BCUT2D eigenvalue weighted by Gasteiger charge is -2.43. The molecule has 20 heteroatoms. The molecule has 1 saturated carbocycles. The molecule has 15 atom stereocenters. The number of rotatable bonds is 9. The summed E-state index contributed by atoms with van der Waals surface area (Å²) in [6.45, 7) is 12.3. The minimum atomic E-state index is -2.59. The minimum Gasteiger partial charge on any atom is -0.460 e. The Morgan fingerprint density at radius 1 is 0.882 bits per heavy atom. The smallest absolute Gasteiger partial charge is 0.343 e. The van der Waals surface area contributed by atoms with Gasteiger partial charge in [-0.05, 0) is 112 Å². The molecule has 0 aromatic heterocycles. The van der Waals surface area contributed by atoms with Crippen molar-refractivity contribution in [3.63, 3.8) is 0 Å². The van der Waals surface area contributed by atoms with E-state index in [0.29, 0.717) is 67.7 Å². The van der Waals surface area contributed by atoms with E-state index in [1.54, 1.807) is 60.0 Å². The quantitative estimate of drug-likeness (QED) is 0.102. The zero-order chi connectivity index (χ0) is 56.8. The van der Waals surface area contributed by atoms with E-state index in [0.717, 1.165) is 4.90 Å². The van der Waals surface area contributed by atoms with Crippen LogP contribution in [0.25, 0.3) is 0 Å². The predicted molar refractivity (Wildman–Crippen MR) is 279 cm³/mol. The number of fused-ring (bicyclic) bond motifs is 3. The molecule has 20 nitrogen and oxygen atoms in total. The summed E-state index contributed by atoms with van der Waals surface area (Å²) in [5, 5.41) is 34.9. The fourth-order valence-corrected chi connectivity index (χ4v) is 11.2. The molecule has 4 rings (SSSR count). The van der Waals surface area contributed by atoms with Gasteiger partial charge in [0.05, 0.1) is 38.3 Å². The van der Waals surface area contributed by atoms with Gasteiger partial charge in [0.15, 0.2) is 5.78 Å². The number of urea groups is 1. The number of ether oxygens (including phenoxy) is 4. The zero-order valence-corrected chi connectivity index (χ0v) is 47.2. The standard InChI is InChI=1S/C56H88N4O16/c1-33-19-15-14-16-20-34(2)44(60(73-13)55(68)57(8)9)31-41-24-22-39(7)56(69,75-41)51(64)52(65)59-26-18-17-21-43(59)54(67)74-46(36(4)29-40-23-25-42(47(30-40)71-11)53(66)76-58(10)70)32-45(61)35(3)28-38(6)49(63)50(72-12)48(62)37(5)27-33/h14-16,19-20,28,33,35-37,39-44,46-47,49-50,63,69-70H,17-18,21-27,29-32H2,1-13H3/b16-14+,19-15+,34-20+,38-28+/t33-,35-,36-,37-,39-,40+,41+,42-,43+,44+,46+,47-,49-,50+,56-/m1/s1. The summed E-state index contributed by atoms with van der Waals surface area (Å²) in [6.07, 6.45) is 9.56. The van der Waals surface area contributed by atoms with E-state index in [1.807, 2.05) is 39.0 Å². The van der Waals surface area contributed by atoms with Gasteiger partial charge in [0.2, 0.25) is 5.79 Å². The number of aliphatic hydroxyl groups is 2. The molecule has 3 heterocycles.